The molecule has 0 aromatic carbocycles. The van der Waals surface area contributed by atoms with Crippen LogP contribution in [0, 0.1) is 41.4 Å². The first-order valence-corrected chi connectivity index (χ1v) is 33.4. The minimum Gasteiger partial charge on any atom is -0.390 e. The second kappa shape index (κ2) is 37.6. The molecule has 2 saturated heterocycles. The largest absolute Gasteiger partial charge is 0.390 e. The Balaban J connectivity index is 3.00. The SMILES string of the molecule is C/C=C/C[C@@H](C)[C@@H](O)[C@H]1C(=O)N[C@@H](CC)C(=O)N(C)[C@H](C)C(=O)N[C@@H]([C@H](C)CCN2CC[C@H](OC)C2)C(=O)N[C@@H](C(C)C)C(=O)N(C)[C@@H](CC(C)C)C(=O)N[C@@H](C)C(=O)N[C@H](C)C(=O)N(C)[C@@H](CC(C)C)C(=O)N(C)[C@@H](CC(C)C)C(=O)N(C)[C@@H](C(C)C)C(=O)N1C. The summed E-state index contributed by atoms with van der Waals surface area (Å²) in [5, 5.41) is 26.2. The number of nitrogens with zero attached hydrogens (tertiary/aromatic N) is 7. The number of methoxy groups -OCH3 is 1. The van der Waals surface area contributed by atoms with Crippen molar-refractivity contribution in [3.05, 3.63) is 12.2 Å². The van der Waals surface area contributed by atoms with Gasteiger partial charge in [0.15, 0.2) is 0 Å². The van der Waals surface area contributed by atoms with Crippen LogP contribution in [0.4, 0.5) is 0 Å². The molecule has 2 aliphatic heterocycles. The number of carbonyl (C=O) groups is 11. The number of rotatable bonds is 18. The maximum atomic E-state index is 15.2. The number of aliphatic hydroxyl groups excluding tert-OH is 1. The van der Waals surface area contributed by atoms with Gasteiger partial charge in [-0.3, -0.25) is 52.7 Å². The third kappa shape index (κ3) is 22.5. The van der Waals surface area contributed by atoms with Crippen LogP contribution >= 0.6 is 0 Å². The van der Waals surface area contributed by atoms with Crippen molar-refractivity contribution in [2.45, 2.75) is 241 Å². The number of allylic oxidation sites excluding steroid dienone is 2. The highest BCUT2D eigenvalue weighted by molar-refractivity contribution is 6.00. The van der Waals surface area contributed by atoms with E-state index in [-0.39, 0.29) is 49.5 Å². The lowest BCUT2D eigenvalue weighted by Gasteiger charge is -2.41. The van der Waals surface area contributed by atoms with Crippen molar-refractivity contribution in [1.29, 1.82) is 0 Å². The van der Waals surface area contributed by atoms with Gasteiger partial charge in [-0.05, 0) is 121 Å². The molecule has 6 N–H and O–H groups in total. The first kappa shape index (κ1) is 81.9. The van der Waals surface area contributed by atoms with E-state index in [9.17, 15) is 43.5 Å². The molecular weight excluding hydrogens is 1180 g/mol. The van der Waals surface area contributed by atoms with Gasteiger partial charge in [0.25, 0.3) is 0 Å². The number of hydrogen-bond acceptors (Lipinski definition) is 14. The van der Waals surface area contributed by atoms with Crippen molar-refractivity contribution in [3.63, 3.8) is 0 Å². The number of carbonyl (C=O) groups excluding carboxylic acids is 11. The van der Waals surface area contributed by atoms with Gasteiger partial charge in [0, 0.05) is 62.5 Å². The Kier molecular flexibility index (Phi) is 33.5. The Hall–Kier alpha value is -6.21. The number of likely N-dealkylation sites (N-methyl/N-ethyl adjacent to an activating group) is 6. The van der Waals surface area contributed by atoms with Crippen LogP contribution in [0.3, 0.4) is 0 Å². The van der Waals surface area contributed by atoms with Crippen molar-refractivity contribution in [3.8, 4) is 0 Å². The summed E-state index contributed by atoms with van der Waals surface area (Å²) in [4.78, 5) is 172. The molecule has 526 valence electrons. The van der Waals surface area contributed by atoms with E-state index in [0.717, 1.165) is 22.8 Å². The summed E-state index contributed by atoms with van der Waals surface area (Å²) in [6.07, 6.45) is 4.10. The van der Waals surface area contributed by atoms with Gasteiger partial charge in [0.1, 0.15) is 66.5 Å². The topological polar surface area (TPSA) is 300 Å². The normalized spacial score (nSPS) is 28.7. The van der Waals surface area contributed by atoms with E-state index in [1.807, 2.05) is 47.6 Å². The highest BCUT2D eigenvalue weighted by Crippen LogP contribution is 2.26. The average Bonchev–Trinajstić information content (AvgIpc) is 0.927. The van der Waals surface area contributed by atoms with Gasteiger partial charge in [-0.1, -0.05) is 102 Å². The molecule has 0 aromatic rings. The maximum Gasteiger partial charge on any atom is 0.246 e. The van der Waals surface area contributed by atoms with Crippen LogP contribution in [0.15, 0.2) is 12.2 Å². The molecule has 2 fully saturated rings. The number of likely N-dealkylation sites (tertiary alicyclic amines) is 1. The minimum absolute atomic E-state index is 0.00345. The second-order valence-electron chi connectivity index (χ2n) is 28.1. The van der Waals surface area contributed by atoms with E-state index >= 15 is 14.4 Å². The van der Waals surface area contributed by atoms with Gasteiger partial charge in [0.05, 0.1) is 12.2 Å². The molecular formula is C67H120N12O13. The van der Waals surface area contributed by atoms with Crippen LogP contribution < -0.4 is 26.6 Å². The van der Waals surface area contributed by atoms with Crippen molar-refractivity contribution < 1.29 is 62.6 Å². The van der Waals surface area contributed by atoms with Gasteiger partial charge in [0.2, 0.25) is 65.0 Å². The second-order valence-corrected chi connectivity index (χ2v) is 28.1. The summed E-state index contributed by atoms with van der Waals surface area (Å²) in [7, 11) is 10.2. The van der Waals surface area contributed by atoms with E-state index < -0.39 is 161 Å². The first-order valence-electron chi connectivity index (χ1n) is 33.4. The molecule has 2 heterocycles. The monoisotopic (exact) mass is 1300 g/mol. The molecule has 25 heteroatoms. The van der Waals surface area contributed by atoms with E-state index in [0.29, 0.717) is 25.9 Å². The molecule has 0 aliphatic carbocycles. The Bertz CT molecular complexity index is 2530. The van der Waals surface area contributed by atoms with E-state index in [2.05, 4.69) is 31.5 Å². The molecule has 2 rings (SSSR count). The molecule has 15 atom stereocenters. The zero-order valence-electron chi connectivity index (χ0n) is 60.2. The third-order valence-electron chi connectivity index (χ3n) is 18.4. The van der Waals surface area contributed by atoms with Crippen molar-refractivity contribution in [2.75, 3.05) is 69.0 Å². The summed E-state index contributed by atoms with van der Waals surface area (Å²) in [6, 6.07) is -13.9. The van der Waals surface area contributed by atoms with E-state index in [1.165, 1.54) is 82.7 Å². The van der Waals surface area contributed by atoms with Crippen LogP contribution in [0.2, 0.25) is 0 Å². The lowest BCUT2D eigenvalue weighted by Crippen LogP contribution is -2.64. The summed E-state index contributed by atoms with van der Waals surface area (Å²) < 4.78 is 5.59. The van der Waals surface area contributed by atoms with Crippen molar-refractivity contribution in [1.82, 2.24) is 60.9 Å². The number of aliphatic hydroxyl groups is 1. The van der Waals surface area contributed by atoms with E-state index in [1.54, 1.807) is 68.6 Å². The predicted octanol–water partition coefficient (Wildman–Crippen LogP) is 3.02. The Labute approximate surface area is 550 Å². The van der Waals surface area contributed by atoms with Crippen LogP contribution in [-0.2, 0) is 57.5 Å². The van der Waals surface area contributed by atoms with Crippen LogP contribution in [0.1, 0.15) is 163 Å². The van der Waals surface area contributed by atoms with Gasteiger partial charge in [-0.15, -0.1) is 0 Å². The molecule has 0 aromatic heterocycles. The molecule has 0 spiro atoms. The van der Waals surface area contributed by atoms with Gasteiger partial charge in [-0.25, -0.2) is 0 Å². The Morgan fingerprint density at radius 2 is 1.01 bits per heavy atom. The molecule has 0 radical (unpaired) electrons. The molecule has 25 nitrogen and oxygen atoms in total. The number of hydrogen-bond donors (Lipinski definition) is 6. The fraction of sp³-hybridized carbons (Fsp3) is 0.806. The number of amides is 11. The summed E-state index contributed by atoms with van der Waals surface area (Å²) in [5.41, 5.74) is 0. The number of nitrogens with one attached hydrogen (secondary N) is 5. The highest BCUT2D eigenvalue weighted by Gasteiger charge is 2.46. The van der Waals surface area contributed by atoms with Gasteiger partial charge < -0.3 is 70.7 Å². The lowest BCUT2D eigenvalue weighted by molar-refractivity contribution is -0.157. The fourth-order valence-corrected chi connectivity index (χ4v) is 12.1. The zero-order valence-corrected chi connectivity index (χ0v) is 60.2. The molecule has 11 amide bonds. The molecule has 0 unspecified atom stereocenters. The molecule has 92 heavy (non-hydrogen) atoms. The van der Waals surface area contributed by atoms with Crippen LogP contribution in [-0.4, -0.2) is 252 Å². The Morgan fingerprint density at radius 3 is 1.50 bits per heavy atom. The molecule has 2 aliphatic rings. The van der Waals surface area contributed by atoms with Crippen molar-refractivity contribution in [2.24, 2.45) is 41.4 Å². The summed E-state index contributed by atoms with van der Waals surface area (Å²) >= 11 is 0. The predicted molar refractivity (Wildman–Crippen MR) is 355 cm³/mol. The minimum atomic E-state index is -1.63. The first-order chi connectivity index (χ1) is 42.7. The Morgan fingerprint density at radius 1 is 0.522 bits per heavy atom. The summed E-state index contributed by atoms with van der Waals surface area (Å²) in [6.45, 7) is 31.4. The summed E-state index contributed by atoms with van der Waals surface area (Å²) in [5.74, 6) is -10.4. The number of ether oxygens (including phenoxy) is 1. The van der Waals surface area contributed by atoms with Crippen LogP contribution in [0.5, 0.6) is 0 Å². The molecule has 0 saturated carbocycles. The quantitative estimate of drug-likeness (QED) is 0.108. The smallest absolute Gasteiger partial charge is 0.246 e. The van der Waals surface area contributed by atoms with Crippen LogP contribution in [0.25, 0.3) is 0 Å². The van der Waals surface area contributed by atoms with Gasteiger partial charge in [-0.2, -0.15) is 0 Å². The highest BCUT2D eigenvalue weighted by atomic mass is 16.5. The molecule has 0 bridgehead atoms. The van der Waals surface area contributed by atoms with Crippen molar-refractivity contribution >= 4 is 65.0 Å². The average molecular weight is 1300 g/mol. The van der Waals surface area contributed by atoms with Gasteiger partial charge >= 0.3 is 0 Å². The lowest BCUT2D eigenvalue weighted by atomic mass is 9.91. The van der Waals surface area contributed by atoms with E-state index in [4.69, 9.17) is 4.74 Å². The fourth-order valence-electron chi connectivity index (χ4n) is 12.1. The standard InChI is InChI=1S/C67H120N12O13/c1-25-27-28-43(14)56(80)55-61(85)70-48(26-2)63(87)73(18)46(17)58(82)72-53(42(13)29-31-79-32-30-47(36-79)92-24)60(84)71-52(40(9)10)66(90)74(19)49(33-37(3)4)59(83)68-44(15)57(81)69-45(16)62(86)75(20)50(34-38(5)6)64(88)76(21)51(35-39(7)8)65(89)77(22)54(41(11)12)67(91)78(55)23/h25,27,37-56,80H,26,28-36H2,1-24H3,(H,68,83)(H,69,81)(H,70,85)(H,71,84)(H,72,82)/b27-25+/t42-,43-,44+,45-,46-,47+,48+,49+,50+,51+,52+,53+,54+,55+,56-/m1/s1. The zero-order chi connectivity index (χ0) is 70.7. The third-order valence-corrected chi connectivity index (χ3v) is 18.4. The maximum absolute atomic E-state index is 15.2.